The molecule has 0 saturated carbocycles. The molecule has 8 rings (SSSR count). The molecule has 24 nitrogen and oxygen atoms in total. The molecule has 3 unspecified atom stereocenters. The number of nitrogen functional groups attached to an aromatic ring is 1. The highest BCUT2D eigenvalue weighted by molar-refractivity contribution is 6.30. The zero-order valence-electron chi connectivity index (χ0n) is 45.8. The highest BCUT2D eigenvalue weighted by atomic mass is 35.5. The number of hydrogen-bond donors (Lipinski definition) is 12. The molecule has 0 saturated heterocycles. The number of pyridine rings is 6. The van der Waals surface area contributed by atoms with Crippen LogP contribution >= 0.6 is 34.8 Å². The van der Waals surface area contributed by atoms with Gasteiger partial charge >= 0.3 is 0 Å². The lowest BCUT2D eigenvalue weighted by atomic mass is 10.1. The van der Waals surface area contributed by atoms with Crippen LogP contribution in [0.3, 0.4) is 0 Å². The second-order valence-corrected chi connectivity index (χ2v) is 21.9. The van der Waals surface area contributed by atoms with Crippen LogP contribution < -0.4 is 43.7 Å². The normalized spacial score (nSPS) is 12.5. The van der Waals surface area contributed by atoms with Gasteiger partial charge < -0.3 is 71.8 Å². The first-order valence-electron chi connectivity index (χ1n) is 24.8. The average Bonchev–Trinajstić information content (AvgIpc) is 3.37. The van der Waals surface area contributed by atoms with Gasteiger partial charge in [-0.05, 0) is 115 Å². The molecule has 0 aliphatic rings. The van der Waals surface area contributed by atoms with Gasteiger partial charge in [-0.3, -0.25) is 24.4 Å². The number of nitrogens with zero attached hydrogens (tertiary/aromatic N) is 9. The molecule has 432 valence electrons. The number of nitrogens with one attached hydrogen (secondary N) is 5. The third-order valence-corrected chi connectivity index (χ3v) is 10.9. The van der Waals surface area contributed by atoms with E-state index in [2.05, 4.69) is 61.1 Å². The van der Waals surface area contributed by atoms with Crippen LogP contribution in [0.2, 0.25) is 10.3 Å². The molecule has 8 heterocycles. The fourth-order valence-electron chi connectivity index (χ4n) is 6.87. The van der Waals surface area contributed by atoms with Crippen molar-refractivity contribution in [3.63, 3.8) is 0 Å². The lowest BCUT2D eigenvalue weighted by Gasteiger charge is -2.23. The Balaban J connectivity index is 0.000000236. The summed E-state index contributed by atoms with van der Waals surface area (Å²) < 4.78 is 2.72. The van der Waals surface area contributed by atoms with Gasteiger partial charge in [-0.2, -0.15) is 0 Å². The number of fused-ring (bicyclic) bond motifs is 3. The molecule has 8 aromatic heterocycles. The predicted molar refractivity (Wildman–Crippen MR) is 316 cm³/mol. The molecule has 0 aromatic carbocycles. The predicted octanol–water partition coefficient (Wildman–Crippen LogP) is 5.53. The first-order chi connectivity index (χ1) is 37.5. The molecule has 0 bridgehead atoms. The Bertz CT molecular complexity index is 3430. The zero-order valence-corrected chi connectivity index (χ0v) is 48.0. The second kappa shape index (κ2) is 29.9. The molecule has 0 aliphatic carbocycles. The van der Waals surface area contributed by atoms with Crippen LogP contribution in [0.4, 0.5) is 34.9 Å². The van der Waals surface area contributed by atoms with Gasteiger partial charge in [0.25, 0.3) is 16.7 Å². The Labute approximate surface area is 476 Å². The Morgan fingerprint density at radius 3 is 1.41 bits per heavy atom. The van der Waals surface area contributed by atoms with Gasteiger partial charge in [-0.1, -0.05) is 23.2 Å². The van der Waals surface area contributed by atoms with Crippen LogP contribution in [-0.2, 0) is 13.1 Å². The Morgan fingerprint density at radius 1 is 0.588 bits per heavy atom. The fourth-order valence-corrected chi connectivity index (χ4v) is 7.37. The molecule has 8 aromatic rings. The van der Waals surface area contributed by atoms with Crippen molar-refractivity contribution in [2.45, 2.75) is 110 Å². The third-order valence-electron chi connectivity index (χ3n) is 10.1. The topological polar surface area (TPSA) is 363 Å². The maximum atomic E-state index is 13.0. The maximum absolute atomic E-state index is 13.0. The number of halogens is 3. The fraction of sp³-hybridized carbons (Fsp3) is 0.396. The summed E-state index contributed by atoms with van der Waals surface area (Å²) in [6.07, 6.45) is 11.4. The number of hydrogen-bond acceptors (Lipinski definition) is 21. The highest BCUT2D eigenvalue weighted by Gasteiger charge is 2.20. The van der Waals surface area contributed by atoms with Crippen molar-refractivity contribution in [1.29, 1.82) is 0 Å². The molecule has 27 heteroatoms. The quantitative estimate of drug-likeness (QED) is 0.0498. The molecular weight excluding hydrogens is 1100 g/mol. The summed E-state index contributed by atoms with van der Waals surface area (Å²) in [7, 11) is 0. The van der Waals surface area contributed by atoms with Gasteiger partial charge in [0.2, 0.25) is 0 Å². The van der Waals surface area contributed by atoms with Crippen molar-refractivity contribution in [2.24, 2.45) is 0 Å². The minimum Gasteiger partial charge on any atom is -0.394 e. The lowest BCUT2D eigenvalue weighted by molar-refractivity contribution is 0.0805. The van der Waals surface area contributed by atoms with Crippen LogP contribution in [0.15, 0.2) is 107 Å². The first kappa shape index (κ1) is 65.4. The zero-order chi connectivity index (χ0) is 59.5. The first-order valence-corrected chi connectivity index (χ1v) is 26.1. The van der Waals surface area contributed by atoms with Crippen molar-refractivity contribution in [3.8, 4) is 0 Å². The molecule has 0 radical (unpaired) electrons. The van der Waals surface area contributed by atoms with Crippen molar-refractivity contribution in [2.75, 3.05) is 52.7 Å². The maximum Gasteiger partial charge on any atom is 0.262 e. The summed E-state index contributed by atoms with van der Waals surface area (Å²) in [6, 6.07) is 10.4. The van der Waals surface area contributed by atoms with Crippen molar-refractivity contribution in [1.82, 2.24) is 49.0 Å². The average molecular weight is 1170 g/mol. The number of aliphatic hydroxyl groups excluding tert-OH is 6. The Morgan fingerprint density at radius 2 is 1.02 bits per heavy atom. The van der Waals surface area contributed by atoms with Crippen molar-refractivity contribution < 1.29 is 30.6 Å². The van der Waals surface area contributed by atoms with E-state index in [4.69, 9.17) is 61.0 Å². The van der Waals surface area contributed by atoms with E-state index in [9.17, 15) is 24.6 Å². The molecule has 0 aliphatic heterocycles. The summed E-state index contributed by atoms with van der Waals surface area (Å²) in [5.41, 5.74) is 3.62. The van der Waals surface area contributed by atoms with Crippen LogP contribution in [0, 0.1) is 0 Å². The summed E-state index contributed by atoms with van der Waals surface area (Å²) in [5.74, 6) is 2.98. The largest absolute Gasteiger partial charge is 0.394 e. The van der Waals surface area contributed by atoms with E-state index in [1.807, 2.05) is 62.3 Å². The van der Waals surface area contributed by atoms with Crippen molar-refractivity contribution >= 4 is 102 Å². The molecule has 3 atom stereocenters. The molecule has 0 fully saturated rings. The Kier molecular flexibility index (Phi) is 24.4. The summed E-state index contributed by atoms with van der Waals surface area (Å²) in [6.45, 7) is 16.7. The second-order valence-electron chi connectivity index (χ2n) is 20.8. The SMILES string of the molecule is CC(C)(C)Nc1nc(Cl)cc2cc[nH]c(=O)c12.CC(C)(C)Nc1nc(Cl)cc2ccn(CC(O)CO)c(=O)c12.CC(C)(C)Nc1nc(Nc2cnccn2)cc2ccn(CC(O)CO)c(=O)c12.Nc1cnccn1.OCC(O)CCl. The van der Waals surface area contributed by atoms with E-state index in [1.54, 1.807) is 86.0 Å². The minimum atomic E-state index is -1.01. The van der Waals surface area contributed by atoms with E-state index in [0.29, 0.717) is 72.1 Å². The molecule has 80 heavy (non-hydrogen) atoms. The van der Waals surface area contributed by atoms with Crippen molar-refractivity contribution in [3.05, 3.63) is 134 Å². The number of rotatable bonds is 13. The molecule has 0 spiro atoms. The number of aliphatic hydroxyl groups is 6. The van der Waals surface area contributed by atoms with Crippen LogP contribution in [-0.4, -0.2) is 140 Å². The van der Waals surface area contributed by atoms with Crippen LogP contribution in [0.1, 0.15) is 62.3 Å². The van der Waals surface area contributed by atoms with E-state index in [1.165, 1.54) is 15.3 Å². The monoisotopic (exact) mass is 1170 g/mol. The van der Waals surface area contributed by atoms with Crippen LogP contribution in [0.5, 0.6) is 0 Å². The van der Waals surface area contributed by atoms with E-state index in [0.717, 1.165) is 5.39 Å². The number of anilines is 6. The standard InChI is InChI=1S/C19H24N6O3.C15H20ClN3O3.C12H14ClN3O.C4H5N3.C3H7ClO2/c1-19(2,3)24-17-16-12(4-7-25(18(16)28)10-13(27)11-26)8-14(23-17)22-15-9-20-5-6-21-15;1-15(2,3)18-13-12-9(6-11(16)17-13)4-5-19(14(12)22)7-10(21)8-20;1-12(2,3)16-10-9-7(6-8(13)15-10)4-5-14-11(9)17;5-4-3-6-1-2-7-4;4-1-3(6)2-5/h4-9,13,26-27H,10-11H2,1-3H3,(H2,21,22,23,24);4-6,10,20-21H,7-8H2,1-3H3,(H,17,18);4-6H,1-3H3,(H,14,17)(H,15,16);1-3H,(H2,5,7);3,5-6H,1-2H2. The smallest absolute Gasteiger partial charge is 0.262 e. The number of alkyl halides is 1. The number of aromatic amines is 1. The summed E-state index contributed by atoms with van der Waals surface area (Å²) >= 11 is 17.0. The summed E-state index contributed by atoms with van der Waals surface area (Å²) in [4.78, 5) is 68.7. The van der Waals surface area contributed by atoms with Gasteiger partial charge in [0.1, 0.15) is 45.2 Å². The number of H-pyrrole nitrogens is 1. The summed E-state index contributed by atoms with van der Waals surface area (Å²) in [5, 5.41) is 70.4. The van der Waals surface area contributed by atoms with Crippen LogP contribution in [0.25, 0.3) is 32.3 Å². The molecule has 0 amide bonds. The molecule has 13 N–H and O–H groups in total. The van der Waals surface area contributed by atoms with Gasteiger partial charge in [0.05, 0.1) is 85.7 Å². The van der Waals surface area contributed by atoms with Gasteiger partial charge in [0, 0.05) is 60.0 Å². The highest BCUT2D eigenvalue weighted by Crippen LogP contribution is 2.28. The van der Waals surface area contributed by atoms with E-state index >= 15 is 0 Å². The Hall–Kier alpha value is -7.13. The van der Waals surface area contributed by atoms with E-state index < -0.39 is 31.5 Å². The molecular formula is C53H70Cl3N15O9. The minimum absolute atomic E-state index is 0.000161. The lowest BCUT2D eigenvalue weighted by Crippen LogP contribution is -2.31. The number of nitrogens with two attached hydrogens (primary N) is 1. The third kappa shape index (κ3) is 21.2. The van der Waals surface area contributed by atoms with Gasteiger partial charge in [0.15, 0.2) is 0 Å². The number of aromatic nitrogens is 10. The van der Waals surface area contributed by atoms with Gasteiger partial charge in [-0.15, -0.1) is 11.6 Å². The van der Waals surface area contributed by atoms with Gasteiger partial charge in [-0.25, -0.2) is 24.9 Å². The van der Waals surface area contributed by atoms with E-state index in [-0.39, 0.29) is 58.9 Å².